The summed E-state index contributed by atoms with van der Waals surface area (Å²) >= 11 is 0. The molecule has 0 saturated heterocycles. The van der Waals surface area contributed by atoms with E-state index in [1.54, 1.807) is 0 Å². The molecule has 0 unspecified atom stereocenters. The predicted molar refractivity (Wildman–Crippen MR) is 100 cm³/mol. The molecular weight excluding hydrogens is 310 g/mol. The largest absolute Gasteiger partial charge is 0.318 e. The van der Waals surface area contributed by atoms with E-state index in [1.807, 2.05) is 43.1 Å². The van der Waals surface area contributed by atoms with Crippen LogP contribution < -0.4 is 5.43 Å². The maximum absolute atomic E-state index is 4.83. The molecular formula is C20H21N5. The molecule has 0 amide bonds. The van der Waals surface area contributed by atoms with Gasteiger partial charge in [0.1, 0.15) is 0 Å². The molecule has 5 nitrogen and oxygen atoms in total. The molecule has 126 valence electrons. The first-order valence-corrected chi connectivity index (χ1v) is 8.35. The van der Waals surface area contributed by atoms with Crippen LogP contribution in [0.2, 0.25) is 0 Å². The third-order valence-electron chi connectivity index (χ3n) is 4.50. The Bertz CT molecular complexity index is 954. The minimum absolute atomic E-state index is 0.854. The molecule has 1 N–H and O–H groups in total. The zero-order chi connectivity index (χ0) is 17.4. The summed E-state index contributed by atoms with van der Waals surface area (Å²) in [5, 5.41) is 6.24. The molecule has 5 heteroatoms. The smallest absolute Gasteiger partial charge is 0.0705 e. The van der Waals surface area contributed by atoms with Crippen molar-refractivity contribution in [2.24, 2.45) is 7.05 Å². The molecule has 4 rings (SSSR count). The van der Waals surface area contributed by atoms with Gasteiger partial charge in [-0.15, -0.1) is 0 Å². The third-order valence-corrected chi connectivity index (χ3v) is 4.50. The minimum atomic E-state index is 0.854. The van der Waals surface area contributed by atoms with Crippen molar-refractivity contribution in [3.05, 3.63) is 66.2 Å². The highest BCUT2D eigenvalue weighted by Gasteiger charge is 2.12. The zero-order valence-corrected chi connectivity index (χ0v) is 14.7. The molecule has 1 aliphatic rings. The van der Waals surface area contributed by atoms with Gasteiger partial charge in [0.2, 0.25) is 0 Å². The van der Waals surface area contributed by atoms with Crippen molar-refractivity contribution in [2.45, 2.75) is 6.92 Å². The van der Waals surface area contributed by atoms with E-state index >= 15 is 0 Å². The molecule has 1 aromatic carbocycles. The molecule has 25 heavy (non-hydrogen) atoms. The van der Waals surface area contributed by atoms with Crippen LogP contribution in [0.25, 0.3) is 28.0 Å². The van der Waals surface area contributed by atoms with Gasteiger partial charge in [0.05, 0.1) is 11.9 Å². The first-order chi connectivity index (χ1) is 12.1. The summed E-state index contributed by atoms with van der Waals surface area (Å²) in [5.41, 5.74) is 11.1. The summed E-state index contributed by atoms with van der Waals surface area (Å²) in [7, 11) is 3.94. The van der Waals surface area contributed by atoms with Crippen LogP contribution >= 0.6 is 0 Å². The molecule has 1 aliphatic heterocycles. The van der Waals surface area contributed by atoms with Crippen LogP contribution in [0.4, 0.5) is 0 Å². The Hall–Kier alpha value is -2.92. The van der Waals surface area contributed by atoms with Crippen molar-refractivity contribution >= 4 is 5.57 Å². The third kappa shape index (κ3) is 3.06. The van der Waals surface area contributed by atoms with E-state index in [4.69, 9.17) is 4.98 Å². The maximum Gasteiger partial charge on any atom is 0.0705 e. The summed E-state index contributed by atoms with van der Waals surface area (Å²) < 4.78 is 1.81. The van der Waals surface area contributed by atoms with Crippen molar-refractivity contribution in [2.75, 3.05) is 13.6 Å². The normalized spacial score (nSPS) is 14.0. The Labute approximate surface area is 147 Å². The lowest BCUT2D eigenvalue weighted by atomic mass is 10.0. The summed E-state index contributed by atoms with van der Waals surface area (Å²) in [6, 6.07) is 12.8. The molecule has 0 radical (unpaired) electrons. The fourth-order valence-corrected chi connectivity index (χ4v) is 3.18. The Kier molecular flexibility index (Phi) is 3.86. The van der Waals surface area contributed by atoms with Crippen molar-refractivity contribution in [3.63, 3.8) is 0 Å². The molecule has 0 bridgehead atoms. The van der Waals surface area contributed by atoms with E-state index in [-0.39, 0.29) is 0 Å². The van der Waals surface area contributed by atoms with Gasteiger partial charge in [0.25, 0.3) is 0 Å². The molecule has 3 aromatic rings. The molecule has 0 atom stereocenters. The first kappa shape index (κ1) is 15.6. The molecule has 0 aliphatic carbocycles. The van der Waals surface area contributed by atoms with Crippen LogP contribution in [0.15, 0.2) is 55.0 Å². The number of aryl methyl sites for hydroxylation is 2. The van der Waals surface area contributed by atoms with Gasteiger partial charge >= 0.3 is 0 Å². The number of nitrogens with one attached hydrogen (secondary N) is 1. The predicted octanol–water partition coefficient (Wildman–Crippen LogP) is 3.25. The van der Waals surface area contributed by atoms with Gasteiger partial charge in [-0.2, -0.15) is 5.10 Å². The lowest BCUT2D eigenvalue weighted by Crippen LogP contribution is -2.23. The lowest BCUT2D eigenvalue weighted by Gasteiger charge is -2.08. The first-order valence-electron chi connectivity index (χ1n) is 8.35. The second-order valence-electron chi connectivity index (χ2n) is 6.41. The number of hydrazine groups is 1. The van der Waals surface area contributed by atoms with Crippen molar-refractivity contribution in [1.82, 2.24) is 25.2 Å². The van der Waals surface area contributed by atoms with Crippen LogP contribution in [0.1, 0.15) is 11.3 Å². The standard InChI is InChI=1S/C20H21N5/c1-14-19(18-11-22-25(3)13-18)7-8-20(23-14)16-6-4-5-15(9-16)17-10-21-24(2)12-17/h4-9,11-13,21H,10H2,1-3H3. The number of aromatic nitrogens is 3. The van der Waals surface area contributed by atoms with E-state index < -0.39 is 0 Å². The van der Waals surface area contributed by atoms with Crippen LogP contribution in [-0.2, 0) is 7.05 Å². The number of rotatable bonds is 3. The number of hydrogen-bond acceptors (Lipinski definition) is 4. The second-order valence-corrected chi connectivity index (χ2v) is 6.41. The van der Waals surface area contributed by atoms with E-state index in [1.165, 1.54) is 11.1 Å². The average Bonchev–Trinajstić information content (AvgIpc) is 3.23. The minimum Gasteiger partial charge on any atom is -0.318 e. The van der Waals surface area contributed by atoms with Gasteiger partial charge in [-0.05, 0) is 30.2 Å². The number of benzene rings is 1. The topological polar surface area (TPSA) is 46.0 Å². The average molecular weight is 331 g/mol. The number of nitrogens with zero attached hydrogens (tertiary/aromatic N) is 4. The van der Waals surface area contributed by atoms with Gasteiger partial charge < -0.3 is 5.01 Å². The molecule has 2 aromatic heterocycles. The fourth-order valence-electron chi connectivity index (χ4n) is 3.18. The Morgan fingerprint density at radius 3 is 2.56 bits per heavy atom. The summed E-state index contributed by atoms with van der Waals surface area (Å²) in [6.45, 7) is 2.90. The summed E-state index contributed by atoms with van der Waals surface area (Å²) in [4.78, 5) is 4.83. The molecule has 3 heterocycles. The van der Waals surface area contributed by atoms with Crippen molar-refractivity contribution in [1.29, 1.82) is 0 Å². The van der Waals surface area contributed by atoms with Crippen molar-refractivity contribution < 1.29 is 0 Å². The highest BCUT2D eigenvalue weighted by atomic mass is 15.5. The second kappa shape index (κ2) is 6.18. The van der Waals surface area contributed by atoms with Gasteiger partial charge in [-0.1, -0.05) is 24.3 Å². The van der Waals surface area contributed by atoms with Crippen LogP contribution in [0.5, 0.6) is 0 Å². The van der Waals surface area contributed by atoms with E-state index in [0.29, 0.717) is 0 Å². The number of pyridine rings is 1. The summed E-state index contributed by atoms with van der Waals surface area (Å²) in [5.74, 6) is 0. The monoisotopic (exact) mass is 331 g/mol. The van der Waals surface area contributed by atoms with Crippen molar-refractivity contribution in [3.8, 4) is 22.4 Å². The number of hydrogen-bond donors (Lipinski definition) is 1. The lowest BCUT2D eigenvalue weighted by molar-refractivity contribution is 0.374. The van der Waals surface area contributed by atoms with E-state index in [0.717, 1.165) is 34.6 Å². The van der Waals surface area contributed by atoms with E-state index in [2.05, 4.69) is 53.1 Å². The SMILES string of the molecule is Cc1nc(-c2cccc(C3=CN(C)NC3)c2)ccc1-c1cnn(C)c1. The molecule has 0 saturated carbocycles. The maximum atomic E-state index is 4.83. The van der Waals surface area contributed by atoms with Crippen LogP contribution in [0, 0.1) is 6.92 Å². The quantitative estimate of drug-likeness (QED) is 0.800. The van der Waals surface area contributed by atoms with Crippen LogP contribution in [-0.4, -0.2) is 33.4 Å². The Morgan fingerprint density at radius 1 is 1.04 bits per heavy atom. The van der Waals surface area contributed by atoms with E-state index in [9.17, 15) is 0 Å². The Morgan fingerprint density at radius 2 is 1.88 bits per heavy atom. The summed E-state index contributed by atoms with van der Waals surface area (Å²) in [6.07, 6.45) is 6.02. The molecule has 0 spiro atoms. The fraction of sp³-hybridized carbons (Fsp3) is 0.200. The Balaban J connectivity index is 1.68. The van der Waals surface area contributed by atoms with Crippen LogP contribution in [0.3, 0.4) is 0 Å². The van der Waals surface area contributed by atoms with Gasteiger partial charge in [-0.25, -0.2) is 5.43 Å². The highest BCUT2D eigenvalue weighted by molar-refractivity contribution is 5.74. The highest BCUT2D eigenvalue weighted by Crippen LogP contribution is 2.27. The van der Waals surface area contributed by atoms with Gasteiger partial charge in [0.15, 0.2) is 0 Å². The molecule has 0 fully saturated rings. The van der Waals surface area contributed by atoms with Gasteiger partial charge in [-0.3, -0.25) is 9.67 Å². The zero-order valence-electron chi connectivity index (χ0n) is 14.7. The van der Waals surface area contributed by atoms with Gasteiger partial charge in [0, 0.05) is 55.4 Å².